The third-order valence-electron chi connectivity index (χ3n) is 1.81. The summed E-state index contributed by atoms with van der Waals surface area (Å²) in [6.07, 6.45) is 0. The van der Waals surface area contributed by atoms with E-state index in [2.05, 4.69) is 10.2 Å². The first-order valence-corrected chi connectivity index (χ1v) is 5.12. The molecule has 2 aromatic rings. The summed E-state index contributed by atoms with van der Waals surface area (Å²) >= 11 is 1.86. The van der Waals surface area contributed by atoms with Crippen molar-refractivity contribution >= 4 is 22.6 Å². The Kier molecular flexibility index (Phi) is 2.85. The van der Waals surface area contributed by atoms with E-state index in [1.54, 1.807) is 12.1 Å². The van der Waals surface area contributed by atoms with Gasteiger partial charge in [0.2, 0.25) is 0 Å². The van der Waals surface area contributed by atoms with Crippen LogP contribution >= 0.6 is 22.6 Å². The number of hydrogen-bond acceptors (Lipinski definition) is 4. The van der Waals surface area contributed by atoms with Gasteiger partial charge in [-0.1, -0.05) is 6.07 Å². The lowest BCUT2D eigenvalue weighted by molar-refractivity contribution is 0.410. The minimum atomic E-state index is -0.450. The van der Waals surface area contributed by atoms with Crippen molar-refractivity contribution in [2.75, 3.05) is 7.11 Å². The number of methoxy groups -OCH3 is 1. The molecule has 0 unspecified atom stereocenters. The van der Waals surface area contributed by atoms with E-state index in [-0.39, 0.29) is 11.5 Å². The van der Waals surface area contributed by atoms with Gasteiger partial charge in [0.05, 0.1) is 7.11 Å². The summed E-state index contributed by atoms with van der Waals surface area (Å²) in [4.78, 5) is 0. The molecule has 6 heteroatoms. The summed E-state index contributed by atoms with van der Waals surface area (Å²) in [7, 11) is 1.46. The summed E-state index contributed by atoms with van der Waals surface area (Å²) in [6, 6.07) is 4.50. The smallest absolute Gasteiger partial charge is 0.278 e. The first-order chi connectivity index (χ1) is 7.22. The fraction of sp³-hybridized carbons (Fsp3) is 0.111. The fourth-order valence-corrected chi connectivity index (χ4v) is 1.50. The first kappa shape index (κ1) is 10.3. The third-order valence-corrected chi connectivity index (χ3v) is 2.25. The van der Waals surface area contributed by atoms with Crippen LogP contribution in [0.4, 0.5) is 4.39 Å². The van der Waals surface area contributed by atoms with Gasteiger partial charge in [-0.05, 0) is 12.1 Å². The maximum atomic E-state index is 13.5. The molecule has 0 amide bonds. The van der Waals surface area contributed by atoms with Gasteiger partial charge >= 0.3 is 0 Å². The average molecular weight is 320 g/mol. The Hall–Kier alpha value is -1.18. The zero-order valence-electron chi connectivity index (χ0n) is 7.70. The fourth-order valence-electron chi connectivity index (χ4n) is 1.19. The quantitative estimate of drug-likeness (QED) is 0.798. The van der Waals surface area contributed by atoms with Crippen LogP contribution in [0.5, 0.6) is 5.75 Å². The third kappa shape index (κ3) is 1.94. The Morgan fingerprint density at radius 2 is 2.20 bits per heavy atom. The zero-order chi connectivity index (χ0) is 10.8. The minimum Gasteiger partial charge on any atom is -0.496 e. The van der Waals surface area contributed by atoms with Gasteiger partial charge in [-0.2, -0.15) is 0 Å². The molecular weight excluding hydrogens is 314 g/mol. The van der Waals surface area contributed by atoms with Crippen LogP contribution in [0.1, 0.15) is 0 Å². The summed E-state index contributed by atoms with van der Waals surface area (Å²) in [5.74, 6) is 0.0406. The molecule has 1 heterocycles. The molecule has 0 saturated carbocycles. The average Bonchev–Trinajstić information content (AvgIpc) is 2.64. The highest BCUT2D eigenvalue weighted by Gasteiger charge is 2.17. The van der Waals surface area contributed by atoms with Gasteiger partial charge in [0.25, 0.3) is 9.79 Å². The van der Waals surface area contributed by atoms with Crippen LogP contribution in [0, 0.1) is 9.71 Å². The lowest BCUT2D eigenvalue weighted by Gasteiger charge is -2.04. The molecule has 0 aliphatic heterocycles. The number of hydrogen-bond donors (Lipinski definition) is 0. The van der Waals surface area contributed by atoms with E-state index < -0.39 is 5.82 Å². The number of benzene rings is 1. The molecule has 1 aromatic heterocycles. The van der Waals surface area contributed by atoms with Crippen molar-refractivity contribution in [2.45, 2.75) is 0 Å². The van der Waals surface area contributed by atoms with Crippen molar-refractivity contribution in [1.82, 2.24) is 10.2 Å². The van der Waals surface area contributed by atoms with Crippen LogP contribution in [-0.2, 0) is 0 Å². The van der Waals surface area contributed by atoms with E-state index in [0.29, 0.717) is 9.65 Å². The number of halogens is 2. The summed E-state index contributed by atoms with van der Waals surface area (Å²) < 4.78 is 24.0. The first-order valence-electron chi connectivity index (χ1n) is 4.04. The predicted molar refractivity (Wildman–Crippen MR) is 59.0 cm³/mol. The molecular formula is C9H6FIN2O2. The summed E-state index contributed by atoms with van der Waals surface area (Å²) in [6.45, 7) is 0. The Bertz CT molecular complexity index is 487. The van der Waals surface area contributed by atoms with Crippen LogP contribution in [-0.4, -0.2) is 17.3 Å². The normalized spacial score (nSPS) is 10.3. The van der Waals surface area contributed by atoms with E-state index in [9.17, 15) is 4.39 Å². The van der Waals surface area contributed by atoms with Crippen molar-refractivity contribution in [3.05, 3.63) is 27.9 Å². The topological polar surface area (TPSA) is 48.2 Å². The standard InChI is InChI=1S/C9H6FIN2O2/c1-14-6-4-2-3-5(10)7(6)8-12-13-9(11)15-8/h2-4H,1H3. The van der Waals surface area contributed by atoms with E-state index >= 15 is 0 Å². The van der Waals surface area contributed by atoms with E-state index in [0.717, 1.165) is 0 Å². The minimum absolute atomic E-state index is 0.120. The molecule has 0 bridgehead atoms. The Labute approximate surface area is 98.6 Å². The molecule has 0 saturated heterocycles. The maximum absolute atomic E-state index is 13.5. The SMILES string of the molecule is COc1cccc(F)c1-c1nnc(I)o1. The van der Waals surface area contributed by atoms with Crippen LogP contribution < -0.4 is 4.74 Å². The Morgan fingerprint density at radius 3 is 2.80 bits per heavy atom. The number of rotatable bonds is 2. The van der Waals surface area contributed by atoms with Gasteiger partial charge in [-0.25, -0.2) is 4.39 Å². The second kappa shape index (κ2) is 4.13. The van der Waals surface area contributed by atoms with Crippen LogP contribution in [0.25, 0.3) is 11.5 Å². The second-order valence-corrected chi connectivity index (χ2v) is 3.60. The molecule has 1 aromatic carbocycles. The van der Waals surface area contributed by atoms with Gasteiger partial charge < -0.3 is 9.15 Å². The molecule has 0 spiro atoms. The molecule has 0 radical (unpaired) electrons. The van der Waals surface area contributed by atoms with Gasteiger partial charge in [0.1, 0.15) is 17.1 Å². The van der Waals surface area contributed by atoms with Gasteiger partial charge in [-0.3, -0.25) is 0 Å². The lowest BCUT2D eigenvalue weighted by atomic mass is 10.2. The summed E-state index contributed by atoms with van der Waals surface area (Å²) in [5.41, 5.74) is 0.190. The molecule has 15 heavy (non-hydrogen) atoms. The molecule has 0 aliphatic carbocycles. The van der Waals surface area contributed by atoms with Gasteiger partial charge in [-0.15, -0.1) is 10.2 Å². The highest BCUT2D eigenvalue weighted by molar-refractivity contribution is 14.1. The molecule has 0 N–H and O–H groups in total. The van der Waals surface area contributed by atoms with Crippen LogP contribution in [0.15, 0.2) is 22.6 Å². The van der Waals surface area contributed by atoms with Crippen LogP contribution in [0.3, 0.4) is 0 Å². The van der Waals surface area contributed by atoms with Crippen molar-refractivity contribution in [1.29, 1.82) is 0 Å². The largest absolute Gasteiger partial charge is 0.496 e. The monoisotopic (exact) mass is 320 g/mol. The van der Waals surface area contributed by atoms with E-state index in [4.69, 9.17) is 9.15 Å². The Morgan fingerprint density at radius 1 is 1.40 bits per heavy atom. The van der Waals surface area contributed by atoms with Crippen molar-refractivity contribution in [3.63, 3.8) is 0 Å². The number of ether oxygens (including phenoxy) is 1. The number of aromatic nitrogens is 2. The van der Waals surface area contributed by atoms with E-state index in [1.165, 1.54) is 13.2 Å². The number of nitrogens with zero attached hydrogens (tertiary/aromatic N) is 2. The summed E-state index contributed by atoms with van der Waals surface area (Å²) in [5, 5.41) is 7.37. The van der Waals surface area contributed by atoms with Gasteiger partial charge in [0, 0.05) is 22.6 Å². The lowest BCUT2D eigenvalue weighted by Crippen LogP contribution is -1.91. The van der Waals surface area contributed by atoms with E-state index in [1.807, 2.05) is 22.6 Å². The second-order valence-electron chi connectivity index (χ2n) is 2.68. The highest BCUT2D eigenvalue weighted by Crippen LogP contribution is 2.31. The Balaban J connectivity index is 2.60. The molecule has 78 valence electrons. The zero-order valence-corrected chi connectivity index (χ0v) is 9.86. The van der Waals surface area contributed by atoms with Crippen LogP contribution in [0.2, 0.25) is 0 Å². The maximum Gasteiger partial charge on any atom is 0.278 e. The predicted octanol–water partition coefficient (Wildman–Crippen LogP) is 2.49. The molecule has 0 aliphatic rings. The van der Waals surface area contributed by atoms with Gasteiger partial charge in [0.15, 0.2) is 0 Å². The molecule has 0 fully saturated rings. The van der Waals surface area contributed by atoms with Crippen molar-refractivity contribution in [3.8, 4) is 17.2 Å². The highest BCUT2D eigenvalue weighted by atomic mass is 127. The van der Waals surface area contributed by atoms with Crippen molar-refractivity contribution in [2.24, 2.45) is 0 Å². The molecule has 0 atom stereocenters. The molecule has 2 rings (SSSR count). The molecule has 4 nitrogen and oxygen atoms in total. The van der Waals surface area contributed by atoms with Crippen molar-refractivity contribution < 1.29 is 13.5 Å².